The lowest BCUT2D eigenvalue weighted by Gasteiger charge is -2.04. The fourth-order valence-electron chi connectivity index (χ4n) is 1.13. The average Bonchev–Trinajstić information content (AvgIpc) is 2.19. The third kappa shape index (κ3) is 2.21. The molecule has 70 valence electrons. The highest BCUT2D eigenvalue weighted by atomic mass is 16.5. The van der Waals surface area contributed by atoms with Crippen molar-refractivity contribution in [3.8, 4) is 18.0 Å². The zero-order valence-corrected chi connectivity index (χ0v) is 7.82. The van der Waals surface area contributed by atoms with E-state index in [9.17, 15) is 0 Å². The summed E-state index contributed by atoms with van der Waals surface area (Å²) < 4.78 is 4.99. The monoisotopic (exact) mass is 187 g/mol. The summed E-state index contributed by atoms with van der Waals surface area (Å²) >= 11 is 0. The molecule has 4 nitrogen and oxygen atoms in total. The van der Waals surface area contributed by atoms with Gasteiger partial charge in [0.15, 0.2) is 0 Å². The van der Waals surface area contributed by atoms with Gasteiger partial charge in [0.2, 0.25) is 5.88 Å². The Hall–Kier alpha value is -2.07. The first kappa shape index (κ1) is 10.0. The van der Waals surface area contributed by atoms with Crippen molar-refractivity contribution in [2.75, 3.05) is 7.11 Å². The van der Waals surface area contributed by atoms with Gasteiger partial charge >= 0.3 is 0 Å². The van der Waals surface area contributed by atoms with Crippen LogP contribution >= 0.6 is 0 Å². The number of methoxy groups -OCH3 is 1. The summed E-state index contributed by atoms with van der Waals surface area (Å²) in [5.41, 5.74) is 1.53. The summed E-state index contributed by atoms with van der Waals surface area (Å²) in [6.07, 6.45) is 2.13. The van der Waals surface area contributed by atoms with Gasteiger partial charge in [0.05, 0.1) is 32.1 Å². The van der Waals surface area contributed by atoms with Crippen LogP contribution in [0.15, 0.2) is 12.3 Å². The number of pyridine rings is 1. The first-order valence-electron chi connectivity index (χ1n) is 4.07. The molecule has 0 atom stereocenters. The lowest BCUT2D eigenvalue weighted by atomic mass is 10.1. The molecule has 0 bridgehead atoms. The van der Waals surface area contributed by atoms with Crippen molar-refractivity contribution in [2.45, 2.75) is 12.8 Å². The molecular formula is C10H9N3O. The fraction of sp³-hybridized carbons (Fsp3) is 0.300. The van der Waals surface area contributed by atoms with E-state index in [4.69, 9.17) is 15.3 Å². The Kier molecular flexibility index (Phi) is 3.46. The van der Waals surface area contributed by atoms with E-state index in [1.54, 1.807) is 12.3 Å². The second kappa shape index (κ2) is 4.84. The van der Waals surface area contributed by atoms with Gasteiger partial charge in [-0.25, -0.2) is 4.98 Å². The molecule has 0 amide bonds. The summed E-state index contributed by atoms with van der Waals surface area (Å²) in [5, 5.41) is 17.1. The van der Waals surface area contributed by atoms with Crippen LogP contribution in [0.3, 0.4) is 0 Å². The zero-order chi connectivity index (χ0) is 10.4. The predicted molar refractivity (Wildman–Crippen MR) is 49.4 cm³/mol. The van der Waals surface area contributed by atoms with Gasteiger partial charge in [-0.05, 0) is 11.6 Å². The number of ether oxygens (including phenoxy) is 1. The van der Waals surface area contributed by atoms with E-state index in [1.807, 2.05) is 12.1 Å². The first-order valence-corrected chi connectivity index (χ1v) is 4.07. The number of hydrogen-bond acceptors (Lipinski definition) is 4. The molecule has 0 unspecified atom stereocenters. The van der Waals surface area contributed by atoms with Gasteiger partial charge in [-0.1, -0.05) is 0 Å². The van der Waals surface area contributed by atoms with Gasteiger partial charge in [-0.3, -0.25) is 0 Å². The highest BCUT2D eigenvalue weighted by Crippen LogP contribution is 2.16. The Morgan fingerprint density at radius 3 is 2.64 bits per heavy atom. The number of rotatable bonds is 3. The number of aromatic nitrogens is 1. The van der Waals surface area contributed by atoms with Crippen molar-refractivity contribution in [1.29, 1.82) is 10.5 Å². The van der Waals surface area contributed by atoms with Crippen LogP contribution in [-0.2, 0) is 12.8 Å². The minimum Gasteiger partial charge on any atom is -0.481 e. The summed E-state index contributed by atoms with van der Waals surface area (Å²) in [5.74, 6) is 0.452. The van der Waals surface area contributed by atoms with Crippen molar-refractivity contribution in [3.63, 3.8) is 0 Å². The van der Waals surface area contributed by atoms with Gasteiger partial charge in [0.25, 0.3) is 0 Å². The van der Waals surface area contributed by atoms with Crippen LogP contribution in [0, 0.1) is 22.7 Å². The molecule has 1 heterocycles. The molecule has 1 aromatic rings. The third-order valence-corrected chi connectivity index (χ3v) is 1.73. The molecule has 0 aromatic carbocycles. The first-order chi connectivity index (χ1) is 6.81. The quantitative estimate of drug-likeness (QED) is 0.713. The molecule has 1 aromatic heterocycles. The maximum Gasteiger partial charge on any atom is 0.217 e. The molecule has 0 N–H and O–H groups in total. The molecule has 0 aliphatic rings. The Balaban J connectivity index is 3.03. The highest BCUT2D eigenvalue weighted by molar-refractivity contribution is 5.33. The molecular weight excluding hydrogens is 178 g/mol. The number of hydrogen-bond donors (Lipinski definition) is 0. The summed E-state index contributed by atoms with van der Waals surface area (Å²) in [6.45, 7) is 0. The number of nitriles is 2. The minimum absolute atomic E-state index is 0.245. The maximum atomic E-state index is 8.56. The van der Waals surface area contributed by atoms with E-state index in [0.717, 1.165) is 11.1 Å². The zero-order valence-electron chi connectivity index (χ0n) is 7.82. The van der Waals surface area contributed by atoms with Gasteiger partial charge in [0.1, 0.15) is 0 Å². The van der Waals surface area contributed by atoms with Crippen LogP contribution in [-0.4, -0.2) is 12.1 Å². The van der Waals surface area contributed by atoms with E-state index in [0.29, 0.717) is 12.3 Å². The molecule has 4 heteroatoms. The highest BCUT2D eigenvalue weighted by Gasteiger charge is 2.05. The normalized spacial score (nSPS) is 8.79. The average molecular weight is 187 g/mol. The smallest absolute Gasteiger partial charge is 0.217 e. The summed E-state index contributed by atoms with van der Waals surface area (Å²) in [4.78, 5) is 4.01. The molecule has 0 saturated heterocycles. The van der Waals surface area contributed by atoms with Crippen molar-refractivity contribution in [3.05, 3.63) is 23.4 Å². The van der Waals surface area contributed by atoms with Crippen LogP contribution in [0.25, 0.3) is 0 Å². The molecule has 0 aliphatic carbocycles. The molecule has 0 fully saturated rings. The topological polar surface area (TPSA) is 69.7 Å². The van der Waals surface area contributed by atoms with Crippen molar-refractivity contribution >= 4 is 0 Å². The van der Waals surface area contributed by atoms with E-state index >= 15 is 0 Å². The van der Waals surface area contributed by atoms with E-state index in [-0.39, 0.29) is 6.42 Å². The molecule has 0 radical (unpaired) electrons. The van der Waals surface area contributed by atoms with Gasteiger partial charge in [-0.15, -0.1) is 0 Å². The predicted octanol–water partition coefficient (Wildman–Crippen LogP) is 1.22. The van der Waals surface area contributed by atoms with E-state index < -0.39 is 0 Å². The van der Waals surface area contributed by atoms with Crippen molar-refractivity contribution in [2.24, 2.45) is 0 Å². The Labute approximate surface area is 82.4 Å². The van der Waals surface area contributed by atoms with Crippen molar-refractivity contribution < 1.29 is 4.74 Å². The second-order valence-corrected chi connectivity index (χ2v) is 2.68. The molecule has 14 heavy (non-hydrogen) atoms. The van der Waals surface area contributed by atoms with Crippen LogP contribution < -0.4 is 4.74 Å². The summed E-state index contributed by atoms with van der Waals surface area (Å²) in [7, 11) is 1.51. The Morgan fingerprint density at radius 1 is 1.36 bits per heavy atom. The maximum absolute atomic E-state index is 8.56. The van der Waals surface area contributed by atoms with Gasteiger partial charge < -0.3 is 4.74 Å². The fourth-order valence-corrected chi connectivity index (χ4v) is 1.13. The largest absolute Gasteiger partial charge is 0.481 e. The number of nitrogens with zero attached hydrogens (tertiary/aromatic N) is 3. The molecule has 0 spiro atoms. The minimum atomic E-state index is 0.245. The van der Waals surface area contributed by atoms with Crippen LogP contribution in [0.4, 0.5) is 0 Å². The van der Waals surface area contributed by atoms with E-state index in [2.05, 4.69) is 4.98 Å². The van der Waals surface area contributed by atoms with Gasteiger partial charge in [-0.2, -0.15) is 10.5 Å². The van der Waals surface area contributed by atoms with Crippen LogP contribution in [0.2, 0.25) is 0 Å². The van der Waals surface area contributed by atoms with Gasteiger partial charge in [0, 0.05) is 11.8 Å². The van der Waals surface area contributed by atoms with Crippen LogP contribution in [0.1, 0.15) is 11.1 Å². The van der Waals surface area contributed by atoms with E-state index in [1.165, 1.54) is 7.11 Å². The second-order valence-electron chi connectivity index (χ2n) is 2.68. The van der Waals surface area contributed by atoms with Crippen LogP contribution in [0.5, 0.6) is 5.88 Å². The Bertz CT molecular complexity index is 401. The molecule has 1 rings (SSSR count). The van der Waals surface area contributed by atoms with Crippen molar-refractivity contribution in [1.82, 2.24) is 4.98 Å². The molecule has 0 aliphatic heterocycles. The molecule has 0 saturated carbocycles. The lowest BCUT2D eigenvalue weighted by Crippen LogP contribution is -1.96. The Morgan fingerprint density at radius 2 is 2.07 bits per heavy atom. The SMILES string of the molecule is COc1ncc(CC#N)cc1CC#N. The standard InChI is InChI=1S/C10H9N3O/c1-14-10-9(3-5-12)6-8(2-4-11)7-13-10/h6-7H,2-3H2,1H3. The lowest BCUT2D eigenvalue weighted by molar-refractivity contribution is 0.393. The third-order valence-electron chi connectivity index (χ3n) is 1.73. The summed E-state index contributed by atoms with van der Waals surface area (Å²) in [6, 6.07) is 5.83.